The molecular formula is C14H26N2O4S. The molecule has 0 aliphatic carbocycles. The van der Waals surface area contributed by atoms with Crippen molar-refractivity contribution in [3.63, 3.8) is 0 Å². The Labute approximate surface area is 127 Å². The molecule has 0 unspecified atom stereocenters. The van der Waals surface area contributed by atoms with Crippen LogP contribution in [0.3, 0.4) is 0 Å². The van der Waals surface area contributed by atoms with Gasteiger partial charge in [-0.3, -0.25) is 4.79 Å². The van der Waals surface area contributed by atoms with Crippen LogP contribution < -0.4 is 0 Å². The van der Waals surface area contributed by atoms with E-state index >= 15 is 0 Å². The number of carbonyl (C=O) groups excluding carboxylic acids is 1. The zero-order valence-corrected chi connectivity index (χ0v) is 13.6. The summed E-state index contributed by atoms with van der Waals surface area (Å²) in [4.78, 5) is 13.5. The lowest BCUT2D eigenvalue weighted by molar-refractivity contribution is -0.130. The lowest BCUT2D eigenvalue weighted by Crippen LogP contribution is -2.39. The molecule has 2 rings (SSSR count). The minimum absolute atomic E-state index is 0.110. The lowest BCUT2D eigenvalue weighted by atomic mass is 10.0. The highest BCUT2D eigenvalue weighted by Crippen LogP contribution is 2.19. The molecule has 2 heterocycles. The molecule has 1 amide bonds. The number of nitrogens with zero attached hydrogens (tertiary/aromatic N) is 2. The van der Waals surface area contributed by atoms with E-state index in [-0.39, 0.29) is 17.6 Å². The molecule has 0 saturated carbocycles. The van der Waals surface area contributed by atoms with Gasteiger partial charge in [-0.1, -0.05) is 6.92 Å². The molecule has 0 N–H and O–H groups in total. The van der Waals surface area contributed by atoms with E-state index in [2.05, 4.69) is 0 Å². The maximum Gasteiger partial charge on any atom is 0.222 e. The normalized spacial score (nSPS) is 23.0. The Kier molecular flexibility index (Phi) is 6.01. The van der Waals surface area contributed by atoms with Crippen molar-refractivity contribution in [1.82, 2.24) is 9.21 Å². The maximum absolute atomic E-state index is 12.5. The predicted octanol–water partition coefficient (Wildman–Crippen LogP) is 0.687. The number of ether oxygens (including phenoxy) is 1. The number of hydrogen-bond donors (Lipinski definition) is 0. The monoisotopic (exact) mass is 318 g/mol. The summed E-state index contributed by atoms with van der Waals surface area (Å²) in [5.74, 6) is 0.539. The fourth-order valence-corrected chi connectivity index (χ4v) is 4.87. The van der Waals surface area contributed by atoms with Gasteiger partial charge in [-0.05, 0) is 25.2 Å². The average molecular weight is 318 g/mol. The smallest absolute Gasteiger partial charge is 0.222 e. The second-order valence-electron chi connectivity index (χ2n) is 5.82. The Bertz CT molecular complexity index is 446. The summed E-state index contributed by atoms with van der Waals surface area (Å²) in [6, 6.07) is 0. The van der Waals surface area contributed by atoms with Gasteiger partial charge >= 0.3 is 0 Å². The second-order valence-corrected chi connectivity index (χ2v) is 7.83. The summed E-state index contributed by atoms with van der Waals surface area (Å²) in [5.41, 5.74) is 0. The van der Waals surface area contributed by atoms with Crippen molar-refractivity contribution in [3.05, 3.63) is 0 Å². The summed E-state index contributed by atoms with van der Waals surface area (Å²) in [7, 11) is -3.22. The van der Waals surface area contributed by atoms with Crippen molar-refractivity contribution in [3.8, 4) is 0 Å². The van der Waals surface area contributed by atoms with E-state index in [0.717, 1.165) is 19.3 Å². The Balaban J connectivity index is 1.92. The van der Waals surface area contributed by atoms with E-state index < -0.39 is 10.0 Å². The Morgan fingerprint density at radius 1 is 1.14 bits per heavy atom. The summed E-state index contributed by atoms with van der Waals surface area (Å²) in [6.07, 6.45) is 2.86. The molecular weight excluding hydrogens is 292 g/mol. The quantitative estimate of drug-likeness (QED) is 0.765. The molecule has 2 aliphatic heterocycles. The minimum atomic E-state index is -3.22. The summed E-state index contributed by atoms with van der Waals surface area (Å²) in [6.45, 7) is 5.30. The lowest BCUT2D eigenvalue weighted by Gasteiger charge is -2.26. The van der Waals surface area contributed by atoms with Crippen LogP contribution in [0.4, 0.5) is 0 Å². The van der Waals surface area contributed by atoms with Crippen LogP contribution in [0, 0.1) is 5.92 Å². The second kappa shape index (κ2) is 7.56. The molecule has 2 aliphatic rings. The van der Waals surface area contributed by atoms with Crippen molar-refractivity contribution >= 4 is 15.9 Å². The summed E-state index contributed by atoms with van der Waals surface area (Å²) < 4.78 is 31.9. The molecule has 6 nitrogen and oxygen atoms in total. The Morgan fingerprint density at radius 2 is 1.86 bits per heavy atom. The minimum Gasteiger partial charge on any atom is -0.381 e. The van der Waals surface area contributed by atoms with Crippen LogP contribution in [0.25, 0.3) is 0 Å². The van der Waals surface area contributed by atoms with Crippen LogP contribution in [0.1, 0.15) is 32.6 Å². The molecule has 122 valence electrons. The highest BCUT2D eigenvalue weighted by molar-refractivity contribution is 7.89. The van der Waals surface area contributed by atoms with E-state index in [1.54, 1.807) is 9.21 Å². The molecule has 7 heteroatoms. The van der Waals surface area contributed by atoms with E-state index in [0.29, 0.717) is 45.8 Å². The van der Waals surface area contributed by atoms with E-state index in [4.69, 9.17) is 4.74 Å². The maximum atomic E-state index is 12.5. The van der Waals surface area contributed by atoms with Gasteiger partial charge in [0.15, 0.2) is 0 Å². The van der Waals surface area contributed by atoms with Crippen molar-refractivity contribution in [2.75, 3.05) is 45.1 Å². The average Bonchev–Trinajstić information content (AvgIpc) is 2.73. The van der Waals surface area contributed by atoms with Gasteiger partial charge in [-0.2, -0.15) is 0 Å². The third kappa shape index (κ3) is 4.66. The SMILES string of the molecule is CCC(=O)N1CCCN(S(=O)(=O)CC2CCOCC2)CC1. The van der Waals surface area contributed by atoms with Crippen molar-refractivity contribution < 1.29 is 17.9 Å². The number of sulfonamides is 1. The van der Waals surface area contributed by atoms with E-state index in [9.17, 15) is 13.2 Å². The van der Waals surface area contributed by atoms with Crippen molar-refractivity contribution in [2.45, 2.75) is 32.6 Å². The molecule has 0 bridgehead atoms. The predicted molar refractivity (Wildman–Crippen MR) is 80.4 cm³/mol. The van der Waals surface area contributed by atoms with Crippen LogP contribution in [0.5, 0.6) is 0 Å². The molecule has 0 spiro atoms. The Hall–Kier alpha value is -0.660. The fourth-order valence-electron chi connectivity index (χ4n) is 2.96. The van der Waals surface area contributed by atoms with Crippen LogP contribution >= 0.6 is 0 Å². The van der Waals surface area contributed by atoms with Crippen LogP contribution in [0.15, 0.2) is 0 Å². The number of amides is 1. The first kappa shape index (κ1) is 16.7. The van der Waals surface area contributed by atoms with Gasteiger partial charge in [0, 0.05) is 45.8 Å². The van der Waals surface area contributed by atoms with Crippen LogP contribution in [-0.4, -0.2) is 68.7 Å². The molecule has 21 heavy (non-hydrogen) atoms. The van der Waals surface area contributed by atoms with Gasteiger partial charge in [0.2, 0.25) is 15.9 Å². The first-order chi connectivity index (χ1) is 10.0. The van der Waals surface area contributed by atoms with E-state index in [1.165, 1.54) is 0 Å². The van der Waals surface area contributed by atoms with Gasteiger partial charge in [-0.25, -0.2) is 12.7 Å². The van der Waals surface area contributed by atoms with Gasteiger partial charge in [0.05, 0.1) is 5.75 Å². The van der Waals surface area contributed by atoms with Crippen LogP contribution in [0.2, 0.25) is 0 Å². The molecule has 0 aromatic heterocycles. The number of hydrogen-bond acceptors (Lipinski definition) is 4. The number of rotatable bonds is 4. The third-order valence-electron chi connectivity index (χ3n) is 4.29. The van der Waals surface area contributed by atoms with E-state index in [1.807, 2.05) is 6.92 Å². The number of carbonyl (C=O) groups is 1. The topological polar surface area (TPSA) is 66.9 Å². The van der Waals surface area contributed by atoms with Crippen molar-refractivity contribution in [1.29, 1.82) is 0 Å². The molecule has 0 aromatic carbocycles. The van der Waals surface area contributed by atoms with Gasteiger partial charge in [0.25, 0.3) is 0 Å². The molecule has 0 aromatic rings. The van der Waals surface area contributed by atoms with Gasteiger partial charge < -0.3 is 9.64 Å². The zero-order valence-electron chi connectivity index (χ0n) is 12.8. The highest BCUT2D eigenvalue weighted by atomic mass is 32.2. The Morgan fingerprint density at radius 3 is 2.52 bits per heavy atom. The largest absolute Gasteiger partial charge is 0.381 e. The molecule has 2 fully saturated rings. The van der Waals surface area contributed by atoms with Gasteiger partial charge in [0.1, 0.15) is 0 Å². The van der Waals surface area contributed by atoms with Gasteiger partial charge in [-0.15, -0.1) is 0 Å². The summed E-state index contributed by atoms with van der Waals surface area (Å²) in [5, 5.41) is 0. The molecule has 0 radical (unpaired) electrons. The third-order valence-corrected chi connectivity index (χ3v) is 6.34. The molecule has 0 atom stereocenters. The fraction of sp³-hybridized carbons (Fsp3) is 0.929. The zero-order chi connectivity index (χ0) is 15.3. The highest BCUT2D eigenvalue weighted by Gasteiger charge is 2.29. The summed E-state index contributed by atoms with van der Waals surface area (Å²) >= 11 is 0. The van der Waals surface area contributed by atoms with Crippen LogP contribution in [-0.2, 0) is 19.6 Å². The first-order valence-corrected chi connectivity index (χ1v) is 9.47. The van der Waals surface area contributed by atoms with Crippen molar-refractivity contribution in [2.24, 2.45) is 5.92 Å². The standard InChI is InChI=1S/C14H26N2O4S/c1-2-14(17)15-6-3-7-16(9-8-15)21(18,19)12-13-4-10-20-11-5-13/h13H,2-12H2,1H3. The molecule has 2 saturated heterocycles. The first-order valence-electron chi connectivity index (χ1n) is 7.86.